The Morgan fingerprint density at radius 2 is 1.89 bits per heavy atom. The summed E-state index contributed by atoms with van der Waals surface area (Å²) in [5.41, 5.74) is 7.74. The largest absolute Gasteiger partial charge is 0.248 e. The average Bonchev–Trinajstić information content (AvgIpc) is 2.47. The molecule has 4 nitrogen and oxygen atoms in total. The van der Waals surface area contributed by atoms with Crippen molar-refractivity contribution in [3.8, 4) is 6.07 Å². The molecule has 19 heavy (non-hydrogen) atoms. The second kappa shape index (κ2) is 7.78. The molecule has 1 aromatic rings. The third-order valence-corrected chi connectivity index (χ3v) is 3.57. The minimum absolute atomic E-state index is 0.446. The fourth-order valence-corrected chi connectivity index (χ4v) is 2.43. The molecule has 1 aromatic carbocycles. The Kier molecular flexibility index (Phi) is 5.67. The summed E-state index contributed by atoms with van der Waals surface area (Å²) in [4.78, 5) is 5.26. The summed E-state index contributed by atoms with van der Waals surface area (Å²) in [7, 11) is 0. The minimum atomic E-state index is 0.446. The van der Waals surface area contributed by atoms with E-state index < -0.39 is 0 Å². The van der Waals surface area contributed by atoms with Crippen LogP contribution in [0.2, 0.25) is 0 Å². The molecule has 2 rings (SSSR count). The molecule has 0 atom stereocenters. The number of anilines is 1. The van der Waals surface area contributed by atoms with E-state index in [1.807, 2.05) is 24.3 Å². The van der Waals surface area contributed by atoms with E-state index in [0.717, 1.165) is 23.7 Å². The topological polar surface area (TPSA) is 57.1 Å². The first-order chi connectivity index (χ1) is 9.38. The van der Waals surface area contributed by atoms with Gasteiger partial charge in [-0.15, -0.1) is 0 Å². The molecule has 1 fully saturated rings. The standard InChI is InChI=1S/C15H21N3O/c16-11-10-13-6-8-15(9-7-13)18-19-17-12-14-4-2-1-3-5-14/h6-9,14,17-18H,1-5,10,12H2. The Morgan fingerprint density at radius 3 is 2.58 bits per heavy atom. The van der Waals surface area contributed by atoms with Crippen LogP contribution in [0.1, 0.15) is 37.7 Å². The van der Waals surface area contributed by atoms with Gasteiger partial charge in [-0.1, -0.05) is 31.4 Å². The molecule has 0 bridgehead atoms. The van der Waals surface area contributed by atoms with Gasteiger partial charge in [0.1, 0.15) is 0 Å². The van der Waals surface area contributed by atoms with Gasteiger partial charge in [0.15, 0.2) is 0 Å². The number of rotatable bonds is 6. The fourth-order valence-electron chi connectivity index (χ4n) is 2.43. The van der Waals surface area contributed by atoms with Crippen molar-refractivity contribution in [1.82, 2.24) is 5.48 Å². The van der Waals surface area contributed by atoms with Crippen LogP contribution in [-0.2, 0) is 11.4 Å². The van der Waals surface area contributed by atoms with Gasteiger partial charge in [-0.25, -0.2) is 5.48 Å². The highest BCUT2D eigenvalue weighted by molar-refractivity contribution is 5.42. The number of nitrogens with one attached hydrogen (secondary N) is 2. The molecule has 102 valence electrons. The zero-order chi connectivity index (χ0) is 13.3. The van der Waals surface area contributed by atoms with E-state index in [1.54, 1.807) is 0 Å². The fraction of sp³-hybridized carbons (Fsp3) is 0.533. The van der Waals surface area contributed by atoms with Crippen molar-refractivity contribution >= 4 is 5.69 Å². The third kappa shape index (κ3) is 4.90. The Balaban J connectivity index is 1.63. The second-order valence-corrected chi connectivity index (χ2v) is 5.09. The van der Waals surface area contributed by atoms with Crippen molar-refractivity contribution in [3.05, 3.63) is 29.8 Å². The lowest BCUT2D eigenvalue weighted by atomic mass is 9.89. The van der Waals surface area contributed by atoms with Crippen molar-refractivity contribution in [3.63, 3.8) is 0 Å². The van der Waals surface area contributed by atoms with Gasteiger partial charge < -0.3 is 0 Å². The zero-order valence-electron chi connectivity index (χ0n) is 11.2. The van der Waals surface area contributed by atoms with E-state index in [-0.39, 0.29) is 0 Å². The molecule has 4 heteroatoms. The summed E-state index contributed by atoms with van der Waals surface area (Å²) in [6.45, 7) is 0.902. The Labute approximate surface area is 114 Å². The van der Waals surface area contributed by atoms with Crippen LogP contribution >= 0.6 is 0 Å². The Hall–Kier alpha value is -1.57. The highest BCUT2D eigenvalue weighted by Gasteiger charge is 2.12. The zero-order valence-corrected chi connectivity index (χ0v) is 11.2. The normalized spacial score (nSPS) is 15.9. The van der Waals surface area contributed by atoms with E-state index in [1.165, 1.54) is 32.1 Å². The SMILES string of the molecule is N#CCc1ccc(NONCC2CCCCC2)cc1. The number of nitrogens with zero attached hydrogens (tertiary/aromatic N) is 1. The average molecular weight is 259 g/mol. The number of hydrogen-bond donors (Lipinski definition) is 2. The van der Waals surface area contributed by atoms with E-state index in [4.69, 9.17) is 10.2 Å². The second-order valence-electron chi connectivity index (χ2n) is 5.09. The predicted octanol–water partition coefficient (Wildman–Crippen LogP) is 3.18. The quantitative estimate of drug-likeness (QED) is 0.608. The van der Waals surface area contributed by atoms with Crippen molar-refractivity contribution < 1.29 is 4.94 Å². The molecular weight excluding hydrogens is 238 g/mol. The summed E-state index contributed by atoms with van der Waals surface area (Å²) in [6, 6.07) is 9.80. The number of nitriles is 1. The summed E-state index contributed by atoms with van der Waals surface area (Å²) >= 11 is 0. The molecular formula is C15H21N3O. The lowest BCUT2D eigenvalue weighted by Gasteiger charge is -2.21. The van der Waals surface area contributed by atoms with Gasteiger partial charge in [-0.3, -0.25) is 0 Å². The molecule has 0 unspecified atom stereocenters. The van der Waals surface area contributed by atoms with Gasteiger partial charge in [0.05, 0.1) is 18.2 Å². The van der Waals surface area contributed by atoms with Crippen LogP contribution in [0.25, 0.3) is 0 Å². The molecule has 0 amide bonds. The Morgan fingerprint density at radius 1 is 1.16 bits per heavy atom. The van der Waals surface area contributed by atoms with Crippen LogP contribution in [-0.4, -0.2) is 6.54 Å². The van der Waals surface area contributed by atoms with Crippen LogP contribution in [0, 0.1) is 17.2 Å². The van der Waals surface area contributed by atoms with Gasteiger partial charge in [-0.05, 0) is 36.5 Å². The maximum Gasteiger partial charge on any atom is 0.0669 e. The molecule has 1 saturated carbocycles. The molecule has 1 aliphatic rings. The lowest BCUT2D eigenvalue weighted by molar-refractivity contribution is 0.0718. The molecule has 2 N–H and O–H groups in total. The highest BCUT2D eigenvalue weighted by Crippen LogP contribution is 2.22. The van der Waals surface area contributed by atoms with E-state index >= 15 is 0 Å². The number of benzene rings is 1. The van der Waals surface area contributed by atoms with Crippen molar-refractivity contribution in [2.75, 3.05) is 12.0 Å². The monoisotopic (exact) mass is 259 g/mol. The summed E-state index contributed by atoms with van der Waals surface area (Å²) in [5, 5.41) is 8.59. The lowest BCUT2D eigenvalue weighted by Crippen LogP contribution is -2.26. The van der Waals surface area contributed by atoms with Gasteiger partial charge in [-0.2, -0.15) is 15.7 Å². The van der Waals surface area contributed by atoms with Crippen LogP contribution in [0.15, 0.2) is 24.3 Å². The van der Waals surface area contributed by atoms with Gasteiger partial charge in [0.25, 0.3) is 0 Å². The molecule has 0 radical (unpaired) electrons. The predicted molar refractivity (Wildman–Crippen MR) is 75.0 cm³/mol. The van der Waals surface area contributed by atoms with Crippen LogP contribution in [0.5, 0.6) is 0 Å². The van der Waals surface area contributed by atoms with E-state index in [9.17, 15) is 0 Å². The first kappa shape index (κ1) is 13.9. The summed E-state index contributed by atoms with van der Waals surface area (Å²) < 4.78 is 0. The Bertz CT molecular complexity index is 404. The molecule has 0 aliphatic heterocycles. The number of hydrogen-bond acceptors (Lipinski definition) is 4. The van der Waals surface area contributed by atoms with E-state index in [2.05, 4.69) is 17.0 Å². The third-order valence-electron chi connectivity index (χ3n) is 3.57. The summed E-state index contributed by atoms with van der Waals surface area (Å²) in [5.74, 6) is 0.744. The smallest absolute Gasteiger partial charge is 0.0669 e. The van der Waals surface area contributed by atoms with Crippen molar-refractivity contribution in [2.45, 2.75) is 38.5 Å². The van der Waals surface area contributed by atoms with Gasteiger partial charge in [0.2, 0.25) is 0 Å². The molecule has 0 aromatic heterocycles. The number of hydroxylamine groups is 1. The van der Waals surface area contributed by atoms with Gasteiger partial charge >= 0.3 is 0 Å². The van der Waals surface area contributed by atoms with Gasteiger partial charge in [0, 0.05) is 6.54 Å². The molecule has 1 aliphatic carbocycles. The van der Waals surface area contributed by atoms with E-state index in [0.29, 0.717) is 6.42 Å². The van der Waals surface area contributed by atoms with Crippen molar-refractivity contribution in [2.24, 2.45) is 5.92 Å². The maximum atomic E-state index is 8.59. The minimum Gasteiger partial charge on any atom is -0.248 e. The maximum absolute atomic E-state index is 8.59. The molecule has 0 heterocycles. The van der Waals surface area contributed by atoms with Crippen LogP contribution in [0.3, 0.4) is 0 Å². The van der Waals surface area contributed by atoms with Crippen molar-refractivity contribution in [1.29, 1.82) is 5.26 Å². The first-order valence-electron chi connectivity index (χ1n) is 6.99. The van der Waals surface area contributed by atoms with Crippen LogP contribution < -0.4 is 11.0 Å². The van der Waals surface area contributed by atoms with Crippen LogP contribution in [0.4, 0.5) is 5.69 Å². The molecule has 0 saturated heterocycles. The summed E-state index contributed by atoms with van der Waals surface area (Å²) in [6.07, 6.45) is 7.13. The first-order valence-corrected chi connectivity index (χ1v) is 6.99. The molecule has 0 spiro atoms. The highest BCUT2D eigenvalue weighted by atomic mass is 16.8.